The maximum atomic E-state index is 7.17. The molecular weight excluding hydrogens is 132 g/mol. The van der Waals surface area contributed by atoms with Gasteiger partial charge in [0.25, 0.3) is 5.90 Å². The van der Waals surface area contributed by atoms with Crippen molar-refractivity contribution in [2.24, 2.45) is 0 Å². The van der Waals surface area contributed by atoms with Gasteiger partial charge in [-0.25, -0.2) is 0 Å². The van der Waals surface area contributed by atoms with Crippen LogP contribution in [-0.4, -0.2) is 12.9 Å². The average molecular weight is 140 g/mol. The predicted molar refractivity (Wildman–Crippen MR) is 35.7 cm³/mol. The summed E-state index contributed by atoms with van der Waals surface area (Å²) >= 11 is 0. The summed E-state index contributed by atoms with van der Waals surface area (Å²) in [5.74, 6) is 0.391. The molecule has 1 rings (SSSR count). The Morgan fingerprint density at radius 2 is 2.60 bits per heavy atom. The van der Waals surface area contributed by atoms with Crippen molar-refractivity contribution in [2.75, 3.05) is 7.05 Å². The highest BCUT2D eigenvalue weighted by Crippen LogP contribution is 1.99. The predicted octanol–water partition coefficient (Wildman–Crippen LogP) is 0.756. The fourth-order valence-corrected chi connectivity index (χ4v) is 0.560. The van der Waals surface area contributed by atoms with Crippen LogP contribution in [0.5, 0.6) is 0 Å². The van der Waals surface area contributed by atoms with E-state index < -0.39 is 0 Å². The van der Waals surface area contributed by atoms with Crippen molar-refractivity contribution < 1.29 is 9.25 Å². The summed E-state index contributed by atoms with van der Waals surface area (Å²) in [6, 6.07) is 3.35. The molecule has 0 saturated carbocycles. The minimum atomic E-state index is -0.0208. The van der Waals surface area contributed by atoms with Gasteiger partial charge in [-0.1, -0.05) is 0 Å². The van der Waals surface area contributed by atoms with Crippen molar-refractivity contribution in [2.45, 2.75) is 0 Å². The lowest BCUT2D eigenvalue weighted by Crippen LogP contribution is -2.14. The van der Waals surface area contributed by atoms with Gasteiger partial charge in [-0.15, -0.1) is 0 Å². The molecule has 1 aromatic rings. The Morgan fingerprint density at radius 3 is 3.10 bits per heavy atom. The summed E-state index contributed by atoms with van der Waals surface area (Å²) < 4.78 is 4.86. The van der Waals surface area contributed by atoms with Crippen LogP contribution >= 0.6 is 0 Å². The van der Waals surface area contributed by atoms with E-state index in [0.29, 0.717) is 5.76 Å². The molecule has 0 bridgehead atoms. The first-order valence-corrected chi connectivity index (χ1v) is 2.80. The number of rotatable bonds is 2. The Bertz CT molecular complexity index is 206. The molecule has 1 aromatic heterocycles. The lowest BCUT2D eigenvalue weighted by Gasteiger charge is -1.98. The molecule has 4 heteroatoms. The van der Waals surface area contributed by atoms with Crippen LogP contribution in [0.1, 0.15) is 5.76 Å². The molecule has 0 aliphatic rings. The fourth-order valence-electron chi connectivity index (χ4n) is 0.560. The zero-order chi connectivity index (χ0) is 7.40. The third kappa shape index (κ3) is 1.35. The molecule has 4 nitrogen and oxygen atoms in total. The summed E-state index contributed by atoms with van der Waals surface area (Å²) in [6.07, 6.45) is 1.49. The van der Waals surface area contributed by atoms with E-state index in [2.05, 4.69) is 10.3 Å². The van der Waals surface area contributed by atoms with Crippen LogP contribution in [0.2, 0.25) is 0 Å². The standard InChI is InChI=1S/C6H8N2O2/c1-8-10-6(7)5-3-2-4-9-5/h2-4,7-8H,1H3. The molecular formula is C6H8N2O2. The molecule has 10 heavy (non-hydrogen) atoms. The van der Waals surface area contributed by atoms with Crippen LogP contribution in [0.3, 0.4) is 0 Å². The fraction of sp³-hybridized carbons (Fsp3) is 0.167. The van der Waals surface area contributed by atoms with E-state index in [-0.39, 0.29) is 5.90 Å². The second kappa shape index (κ2) is 3.03. The highest BCUT2D eigenvalue weighted by Gasteiger charge is 2.02. The van der Waals surface area contributed by atoms with Crippen LogP contribution < -0.4 is 5.48 Å². The molecule has 54 valence electrons. The van der Waals surface area contributed by atoms with Crippen LogP contribution in [0.15, 0.2) is 22.8 Å². The second-order valence-corrected chi connectivity index (χ2v) is 1.61. The van der Waals surface area contributed by atoms with Gasteiger partial charge < -0.3 is 9.25 Å². The van der Waals surface area contributed by atoms with E-state index >= 15 is 0 Å². The average Bonchev–Trinajstić information content (AvgIpc) is 2.38. The Labute approximate surface area is 58.3 Å². The molecule has 0 saturated heterocycles. The minimum Gasteiger partial charge on any atom is -0.459 e. The Balaban J connectivity index is 2.59. The molecule has 1 heterocycles. The summed E-state index contributed by atoms with van der Waals surface area (Å²) in [7, 11) is 1.58. The number of hydrogen-bond donors (Lipinski definition) is 2. The van der Waals surface area contributed by atoms with Gasteiger partial charge in [0.05, 0.1) is 6.26 Å². The van der Waals surface area contributed by atoms with Gasteiger partial charge in [0.2, 0.25) is 0 Å². The van der Waals surface area contributed by atoms with Gasteiger partial charge in [0, 0.05) is 7.05 Å². The topological polar surface area (TPSA) is 58.2 Å². The zero-order valence-corrected chi connectivity index (χ0v) is 5.55. The highest BCUT2D eigenvalue weighted by atomic mass is 16.7. The SMILES string of the molecule is CNOC(=N)c1ccco1. The van der Waals surface area contributed by atoms with Crippen molar-refractivity contribution in [3.05, 3.63) is 24.2 Å². The third-order valence-corrected chi connectivity index (χ3v) is 0.949. The van der Waals surface area contributed by atoms with Gasteiger partial charge in [-0.3, -0.25) is 5.41 Å². The lowest BCUT2D eigenvalue weighted by atomic mass is 10.5. The molecule has 0 amide bonds. The van der Waals surface area contributed by atoms with E-state index in [1.807, 2.05) is 0 Å². The summed E-state index contributed by atoms with van der Waals surface area (Å²) in [4.78, 5) is 4.63. The van der Waals surface area contributed by atoms with Crippen molar-refractivity contribution >= 4 is 5.90 Å². The van der Waals surface area contributed by atoms with Crippen LogP contribution in [0.4, 0.5) is 0 Å². The number of furan rings is 1. The Hall–Kier alpha value is -1.29. The molecule has 0 aromatic carbocycles. The third-order valence-electron chi connectivity index (χ3n) is 0.949. The molecule has 0 radical (unpaired) electrons. The molecule has 0 spiro atoms. The van der Waals surface area contributed by atoms with E-state index in [1.54, 1.807) is 19.2 Å². The maximum Gasteiger partial charge on any atom is 0.273 e. The molecule has 0 atom stereocenters. The quantitative estimate of drug-likeness (QED) is 0.362. The van der Waals surface area contributed by atoms with Gasteiger partial charge >= 0.3 is 0 Å². The van der Waals surface area contributed by atoms with Crippen LogP contribution in [0.25, 0.3) is 0 Å². The first-order valence-electron chi connectivity index (χ1n) is 2.80. The lowest BCUT2D eigenvalue weighted by molar-refractivity contribution is 0.203. The molecule has 0 unspecified atom stereocenters. The molecule has 0 fully saturated rings. The monoisotopic (exact) mass is 140 g/mol. The zero-order valence-electron chi connectivity index (χ0n) is 5.55. The molecule has 0 aliphatic heterocycles. The van der Waals surface area contributed by atoms with Crippen LogP contribution in [-0.2, 0) is 4.84 Å². The van der Waals surface area contributed by atoms with E-state index in [0.717, 1.165) is 0 Å². The highest BCUT2D eigenvalue weighted by molar-refractivity contribution is 5.88. The number of hydrogen-bond acceptors (Lipinski definition) is 4. The number of hydroxylamine groups is 1. The van der Waals surface area contributed by atoms with Gasteiger partial charge in [0.1, 0.15) is 0 Å². The minimum absolute atomic E-state index is 0.0208. The summed E-state index contributed by atoms with van der Waals surface area (Å²) in [6.45, 7) is 0. The van der Waals surface area contributed by atoms with E-state index in [1.165, 1.54) is 6.26 Å². The molecule has 2 N–H and O–H groups in total. The smallest absolute Gasteiger partial charge is 0.273 e. The van der Waals surface area contributed by atoms with Gasteiger partial charge in [0.15, 0.2) is 5.76 Å². The second-order valence-electron chi connectivity index (χ2n) is 1.61. The van der Waals surface area contributed by atoms with Crippen molar-refractivity contribution in [1.29, 1.82) is 5.41 Å². The van der Waals surface area contributed by atoms with Gasteiger partial charge in [-0.05, 0) is 12.1 Å². The number of nitrogens with one attached hydrogen (secondary N) is 2. The normalized spacial score (nSPS) is 9.30. The van der Waals surface area contributed by atoms with Crippen LogP contribution in [0, 0.1) is 5.41 Å². The van der Waals surface area contributed by atoms with Crippen molar-refractivity contribution in [1.82, 2.24) is 5.48 Å². The van der Waals surface area contributed by atoms with Crippen molar-refractivity contribution in [3.8, 4) is 0 Å². The van der Waals surface area contributed by atoms with Crippen molar-refractivity contribution in [3.63, 3.8) is 0 Å². The summed E-state index contributed by atoms with van der Waals surface area (Å²) in [5, 5.41) is 7.17. The first kappa shape index (κ1) is 6.82. The van der Waals surface area contributed by atoms with E-state index in [4.69, 9.17) is 9.83 Å². The van der Waals surface area contributed by atoms with Gasteiger partial charge in [-0.2, -0.15) is 5.48 Å². The largest absolute Gasteiger partial charge is 0.459 e. The maximum absolute atomic E-state index is 7.17. The Morgan fingerprint density at radius 1 is 1.80 bits per heavy atom. The van der Waals surface area contributed by atoms with E-state index in [9.17, 15) is 0 Å². The first-order chi connectivity index (χ1) is 4.84. The molecule has 0 aliphatic carbocycles. The summed E-state index contributed by atoms with van der Waals surface area (Å²) in [5.41, 5.74) is 2.37. The Kier molecular flexibility index (Phi) is 2.07.